The Morgan fingerprint density at radius 1 is 1.53 bits per heavy atom. The van der Waals surface area contributed by atoms with Crippen LogP contribution in [0.3, 0.4) is 0 Å². The zero-order valence-electron chi connectivity index (χ0n) is 11.5. The predicted octanol–water partition coefficient (Wildman–Crippen LogP) is 2.10. The highest BCUT2D eigenvalue weighted by Crippen LogP contribution is 2.23. The fourth-order valence-corrected chi connectivity index (χ4v) is 2.46. The first-order chi connectivity index (χ1) is 8.93. The molecule has 19 heavy (non-hydrogen) atoms. The van der Waals surface area contributed by atoms with Gasteiger partial charge in [-0.3, -0.25) is 4.79 Å². The molecule has 5 nitrogen and oxygen atoms in total. The molecule has 0 saturated heterocycles. The monoisotopic (exact) mass is 284 g/mol. The van der Waals surface area contributed by atoms with Gasteiger partial charge in [-0.2, -0.15) is 0 Å². The first kappa shape index (κ1) is 15.5. The SMILES string of the molecule is CCCC(C)NC(=O)COC(=O)c1cc(N)c(C)s1. The van der Waals surface area contributed by atoms with Crippen LogP contribution in [-0.2, 0) is 9.53 Å². The van der Waals surface area contributed by atoms with Gasteiger partial charge in [-0.1, -0.05) is 13.3 Å². The molecule has 1 aromatic rings. The third kappa shape index (κ3) is 4.90. The number of carbonyl (C=O) groups excluding carboxylic acids is 2. The van der Waals surface area contributed by atoms with Crippen LogP contribution in [0.4, 0.5) is 5.69 Å². The van der Waals surface area contributed by atoms with E-state index < -0.39 is 5.97 Å². The van der Waals surface area contributed by atoms with Crippen LogP contribution in [0, 0.1) is 6.92 Å². The number of nitrogens with one attached hydrogen (secondary N) is 1. The smallest absolute Gasteiger partial charge is 0.348 e. The van der Waals surface area contributed by atoms with E-state index in [1.54, 1.807) is 6.07 Å². The summed E-state index contributed by atoms with van der Waals surface area (Å²) in [5, 5.41) is 2.77. The summed E-state index contributed by atoms with van der Waals surface area (Å²) in [4.78, 5) is 24.5. The molecule has 0 spiro atoms. The zero-order valence-corrected chi connectivity index (χ0v) is 12.3. The number of thiophene rings is 1. The molecule has 1 atom stereocenters. The van der Waals surface area contributed by atoms with Gasteiger partial charge in [0.25, 0.3) is 5.91 Å². The van der Waals surface area contributed by atoms with E-state index in [9.17, 15) is 9.59 Å². The van der Waals surface area contributed by atoms with Crippen molar-refractivity contribution in [1.82, 2.24) is 5.32 Å². The second kappa shape index (κ2) is 7.13. The van der Waals surface area contributed by atoms with Crippen molar-refractivity contribution in [3.05, 3.63) is 15.8 Å². The standard InChI is InChI=1S/C13H20N2O3S/c1-4-5-8(2)15-12(16)7-18-13(17)11-6-10(14)9(3)19-11/h6,8H,4-5,7,14H2,1-3H3,(H,15,16). The Hall–Kier alpha value is -1.56. The number of ether oxygens (including phenoxy) is 1. The van der Waals surface area contributed by atoms with Gasteiger partial charge in [0.2, 0.25) is 0 Å². The van der Waals surface area contributed by atoms with E-state index in [4.69, 9.17) is 10.5 Å². The molecule has 3 N–H and O–H groups in total. The van der Waals surface area contributed by atoms with E-state index in [0.29, 0.717) is 10.6 Å². The van der Waals surface area contributed by atoms with Crippen molar-refractivity contribution in [3.63, 3.8) is 0 Å². The minimum atomic E-state index is -0.511. The quantitative estimate of drug-likeness (QED) is 0.784. The van der Waals surface area contributed by atoms with Gasteiger partial charge in [0.15, 0.2) is 6.61 Å². The summed E-state index contributed by atoms with van der Waals surface area (Å²) in [7, 11) is 0. The maximum atomic E-state index is 11.7. The Bertz CT molecular complexity index is 437. The maximum absolute atomic E-state index is 11.7. The molecule has 6 heteroatoms. The van der Waals surface area contributed by atoms with Crippen molar-refractivity contribution >= 4 is 28.9 Å². The molecule has 0 aliphatic rings. The van der Waals surface area contributed by atoms with Gasteiger partial charge in [0, 0.05) is 16.6 Å². The number of carbonyl (C=O) groups is 2. The molecule has 1 heterocycles. The van der Waals surface area contributed by atoms with Crippen molar-refractivity contribution in [3.8, 4) is 0 Å². The average Bonchev–Trinajstić information content (AvgIpc) is 2.67. The molecule has 0 aliphatic carbocycles. The van der Waals surface area contributed by atoms with Crippen LogP contribution in [-0.4, -0.2) is 24.5 Å². The molecular formula is C13H20N2O3S. The van der Waals surface area contributed by atoms with Crippen LogP contribution in [0.25, 0.3) is 0 Å². The van der Waals surface area contributed by atoms with Crippen molar-refractivity contribution in [2.45, 2.75) is 39.7 Å². The van der Waals surface area contributed by atoms with Gasteiger partial charge in [-0.05, 0) is 26.3 Å². The minimum absolute atomic E-state index is 0.0934. The lowest BCUT2D eigenvalue weighted by Crippen LogP contribution is -2.35. The summed E-state index contributed by atoms with van der Waals surface area (Å²) in [6, 6.07) is 1.66. The molecule has 0 saturated carbocycles. The summed E-state index contributed by atoms with van der Waals surface area (Å²) >= 11 is 1.26. The van der Waals surface area contributed by atoms with Gasteiger partial charge < -0.3 is 15.8 Å². The number of amides is 1. The lowest BCUT2D eigenvalue weighted by molar-refractivity contribution is -0.124. The Kier molecular flexibility index (Phi) is 5.82. The molecular weight excluding hydrogens is 264 g/mol. The highest BCUT2D eigenvalue weighted by atomic mass is 32.1. The Morgan fingerprint density at radius 2 is 2.21 bits per heavy atom. The number of anilines is 1. The van der Waals surface area contributed by atoms with E-state index in [-0.39, 0.29) is 18.6 Å². The molecule has 0 aliphatic heterocycles. The molecule has 1 aromatic heterocycles. The number of nitrogen functional groups attached to an aromatic ring is 1. The van der Waals surface area contributed by atoms with E-state index in [2.05, 4.69) is 5.32 Å². The summed E-state index contributed by atoms with van der Waals surface area (Å²) in [6.07, 6.45) is 1.90. The van der Waals surface area contributed by atoms with Crippen LogP contribution >= 0.6 is 11.3 Å². The number of hydrogen-bond donors (Lipinski definition) is 2. The minimum Gasteiger partial charge on any atom is -0.451 e. The fourth-order valence-electron chi connectivity index (χ4n) is 1.62. The summed E-state index contributed by atoms with van der Waals surface area (Å²) in [6.45, 7) is 5.54. The number of rotatable bonds is 6. The van der Waals surface area contributed by atoms with Gasteiger partial charge in [0.05, 0.1) is 0 Å². The number of nitrogens with two attached hydrogens (primary N) is 1. The van der Waals surface area contributed by atoms with E-state index in [0.717, 1.165) is 17.7 Å². The average molecular weight is 284 g/mol. The summed E-state index contributed by atoms with van der Waals surface area (Å²) in [5.74, 6) is -0.793. The second-order valence-corrected chi connectivity index (χ2v) is 5.71. The van der Waals surface area contributed by atoms with Gasteiger partial charge in [-0.15, -0.1) is 11.3 Å². The molecule has 0 radical (unpaired) electrons. The Morgan fingerprint density at radius 3 is 2.74 bits per heavy atom. The second-order valence-electron chi connectivity index (χ2n) is 4.46. The third-order valence-electron chi connectivity index (χ3n) is 2.62. The predicted molar refractivity (Wildman–Crippen MR) is 76.3 cm³/mol. The first-order valence-corrected chi connectivity index (χ1v) is 7.08. The van der Waals surface area contributed by atoms with Gasteiger partial charge in [-0.25, -0.2) is 4.79 Å². The van der Waals surface area contributed by atoms with Crippen LogP contribution in [0.2, 0.25) is 0 Å². The van der Waals surface area contributed by atoms with E-state index in [1.165, 1.54) is 11.3 Å². The Balaban J connectivity index is 2.40. The lowest BCUT2D eigenvalue weighted by atomic mass is 10.2. The van der Waals surface area contributed by atoms with Crippen molar-refractivity contribution in [2.24, 2.45) is 0 Å². The van der Waals surface area contributed by atoms with Crippen LogP contribution in [0.5, 0.6) is 0 Å². The normalized spacial score (nSPS) is 11.9. The highest BCUT2D eigenvalue weighted by molar-refractivity contribution is 7.14. The lowest BCUT2D eigenvalue weighted by Gasteiger charge is -2.12. The third-order valence-corrected chi connectivity index (χ3v) is 3.67. The molecule has 1 rings (SSSR count). The van der Waals surface area contributed by atoms with Gasteiger partial charge in [0.1, 0.15) is 4.88 Å². The molecule has 0 bridgehead atoms. The van der Waals surface area contributed by atoms with Crippen molar-refractivity contribution in [2.75, 3.05) is 12.3 Å². The van der Waals surface area contributed by atoms with Crippen LogP contribution < -0.4 is 11.1 Å². The molecule has 1 unspecified atom stereocenters. The topological polar surface area (TPSA) is 81.4 Å². The Labute approximate surface area is 117 Å². The molecule has 0 fully saturated rings. The number of esters is 1. The maximum Gasteiger partial charge on any atom is 0.348 e. The van der Waals surface area contributed by atoms with Crippen molar-refractivity contribution in [1.29, 1.82) is 0 Å². The molecule has 106 valence electrons. The van der Waals surface area contributed by atoms with Crippen molar-refractivity contribution < 1.29 is 14.3 Å². The summed E-state index contributed by atoms with van der Waals surface area (Å²) < 4.78 is 4.94. The van der Waals surface area contributed by atoms with E-state index in [1.807, 2.05) is 20.8 Å². The highest BCUT2D eigenvalue weighted by Gasteiger charge is 2.14. The van der Waals surface area contributed by atoms with Crippen LogP contribution in [0.1, 0.15) is 41.2 Å². The fraction of sp³-hybridized carbons (Fsp3) is 0.538. The number of hydrogen-bond acceptors (Lipinski definition) is 5. The first-order valence-electron chi connectivity index (χ1n) is 6.26. The van der Waals surface area contributed by atoms with Crippen LogP contribution in [0.15, 0.2) is 6.07 Å². The largest absolute Gasteiger partial charge is 0.451 e. The van der Waals surface area contributed by atoms with Gasteiger partial charge >= 0.3 is 5.97 Å². The number of aryl methyl sites for hydroxylation is 1. The molecule has 1 amide bonds. The zero-order chi connectivity index (χ0) is 14.4. The molecule has 0 aromatic carbocycles. The van der Waals surface area contributed by atoms with E-state index >= 15 is 0 Å². The summed E-state index contributed by atoms with van der Waals surface area (Å²) in [5.41, 5.74) is 6.22.